The molecule has 23 heavy (non-hydrogen) atoms. The Bertz CT molecular complexity index is 729. The quantitative estimate of drug-likeness (QED) is 0.808. The number of rotatable bonds is 5. The zero-order valence-electron chi connectivity index (χ0n) is 13.2. The highest BCUT2D eigenvalue weighted by atomic mass is 16.5. The van der Waals surface area contributed by atoms with E-state index in [9.17, 15) is 4.79 Å². The van der Waals surface area contributed by atoms with Gasteiger partial charge in [0.05, 0.1) is 6.61 Å². The molecule has 0 aromatic heterocycles. The minimum atomic E-state index is -0.911. The smallest absolute Gasteiger partial charge is 0.166 e. The van der Waals surface area contributed by atoms with E-state index in [1.54, 1.807) is 6.92 Å². The summed E-state index contributed by atoms with van der Waals surface area (Å²) < 4.78 is 6.22. The molecule has 2 nitrogen and oxygen atoms in total. The normalized spacial score (nSPS) is 20.1. The molecule has 2 heteroatoms. The van der Waals surface area contributed by atoms with E-state index < -0.39 is 5.60 Å². The van der Waals surface area contributed by atoms with E-state index >= 15 is 0 Å². The Labute approximate surface area is 137 Å². The van der Waals surface area contributed by atoms with Gasteiger partial charge in [0.15, 0.2) is 11.4 Å². The largest absolute Gasteiger partial charge is 0.357 e. The van der Waals surface area contributed by atoms with Crippen LogP contribution in [-0.4, -0.2) is 11.4 Å². The van der Waals surface area contributed by atoms with Crippen molar-refractivity contribution >= 4 is 11.4 Å². The standard InChI is InChI=1S/C21H20O2/c1-17(22)21(23-16-18-10-4-2-5-11-18)15-9-8-14-20(21)19-12-6-3-7-13-19/h2-14H,15-16H2,1H3. The van der Waals surface area contributed by atoms with Crippen molar-refractivity contribution in [1.82, 2.24) is 0 Å². The summed E-state index contributed by atoms with van der Waals surface area (Å²) in [5.41, 5.74) is 2.12. The number of ether oxygens (including phenoxy) is 1. The van der Waals surface area contributed by atoms with Crippen LogP contribution in [0.3, 0.4) is 0 Å². The van der Waals surface area contributed by atoms with E-state index in [0.29, 0.717) is 13.0 Å². The van der Waals surface area contributed by atoms with Crippen LogP contribution < -0.4 is 0 Å². The fourth-order valence-electron chi connectivity index (χ4n) is 2.94. The molecule has 0 bridgehead atoms. The molecule has 0 fully saturated rings. The summed E-state index contributed by atoms with van der Waals surface area (Å²) in [6.45, 7) is 2.03. The molecule has 2 aromatic carbocycles. The Morgan fingerprint density at radius 3 is 2.35 bits per heavy atom. The third-order valence-electron chi connectivity index (χ3n) is 4.22. The molecule has 1 unspecified atom stereocenters. The Balaban J connectivity index is 1.94. The van der Waals surface area contributed by atoms with Crippen molar-refractivity contribution in [3.8, 4) is 0 Å². The van der Waals surface area contributed by atoms with E-state index in [1.807, 2.05) is 78.9 Å². The van der Waals surface area contributed by atoms with Crippen LogP contribution in [0.25, 0.3) is 5.57 Å². The maximum Gasteiger partial charge on any atom is 0.166 e. The minimum absolute atomic E-state index is 0.0351. The lowest BCUT2D eigenvalue weighted by Crippen LogP contribution is -2.42. The summed E-state index contributed by atoms with van der Waals surface area (Å²) in [6, 6.07) is 19.9. The molecule has 0 aliphatic heterocycles. The van der Waals surface area contributed by atoms with Crippen LogP contribution in [0.5, 0.6) is 0 Å². The van der Waals surface area contributed by atoms with E-state index in [1.165, 1.54) is 0 Å². The zero-order valence-corrected chi connectivity index (χ0v) is 13.2. The lowest BCUT2D eigenvalue weighted by Gasteiger charge is -2.35. The van der Waals surface area contributed by atoms with Crippen molar-refractivity contribution in [1.29, 1.82) is 0 Å². The van der Waals surface area contributed by atoms with Gasteiger partial charge in [-0.15, -0.1) is 0 Å². The van der Waals surface area contributed by atoms with Gasteiger partial charge >= 0.3 is 0 Å². The maximum absolute atomic E-state index is 12.5. The summed E-state index contributed by atoms with van der Waals surface area (Å²) in [6.07, 6.45) is 6.55. The number of benzene rings is 2. The van der Waals surface area contributed by atoms with Gasteiger partial charge in [0.2, 0.25) is 0 Å². The molecular formula is C21H20O2. The second-order valence-corrected chi connectivity index (χ2v) is 5.74. The first-order valence-electron chi connectivity index (χ1n) is 7.84. The highest BCUT2D eigenvalue weighted by Crippen LogP contribution is 2.38. The summed E-state index contributed by atoms with van der Waals surface area (Å²) in [5.74, 6) is 0.0351. The topological polar surface area (TPSA) is 26.3 Å². The molecule has 0 radical (unpaired) electrons. The molecule has 0 N–H and O–H groups in total. The van der Waals surface area contributed by atoms with Gasteiger partial charge in [-0.3, -0.25) is 4.79 Å². The lowest BCUT2D eigenvalue weighted by atomic mass is 9.79. The van der Waals surface area contributed by atoms with Crippen LogP contribution >= 0.6 is 0 Å². The summed E-state index contributed by atoms with van der Waals surface area (Å²) >= 11 is 0. The van der Waals surface area contributed by atoms with Crippen LogP contribution in [0.15, 0.2) is 78.9 Å². The third-order valence-corrected chi connectivity index (χ3v) is 4.22. The molecule has 1 aliphatic carbocycles. The molecule has 0 amide bonds. The van der Waals surface area contributed by atoms with Crippen molar-refractivity contribution in [2.75, 3.05) is 0 Å². The van der Waals surface area contributed by atoms with Crippen LogP contribution in [0.1, 0.15) is 24.5 Å². The number of carbonyl (C=O) groups excluding carboxylic acids is 1. The highest BCUT2D eigenvalue weighted by Gasteiger charge is 2.41. The van der Waals surface area contributed by atoms with Crippen LogP contribution in [-0.2, 0) is 16.1 Å². The van der Waals surface area contributed by atoms with Crippen LogP contribution in [0, 0.1) is 0 Å². The summed E-state index contributed by atoms with van der Waals surface area (Å²) in [5, 5.41) is 0. The Hall–Kier alpha value is -2.45. The number of hydrogen-bond donors (Lipinski definition) is 0. The molecule has 1 atom stereocenters. The monoisotopic (exact) mass is 304 g/mol. The summed E-state index contributed by atoms with van der Waals surface area (Å²) in [7, 11) is 0. The fraction of sp³-hybridized carbons (Fsp3) is 0.190. The fourth-order valence-corrected chi connectivity index (χ4v) is 2.94. The average Bonchev–Trinajstić information content (AvgIpc) is 2.61. The van der Waals surface area contributed by atoms with Gasteiger partial charge in [-0.1, -0.05) is 78.9 Å². The number of carbonyl (C=O) groups is 1. The van der Waals surface area contributed by atoms with Crippen molar-refractivity contribution in [2.24, 2.45) is 0 Å². The molecule has 1 aliphatic rings. The molecule has 0 saturated heterocycles. The molecule has 3 rings (SSSR count). The molecule has 2 aromatic rings. The van der Waals surface area contributed by atoms with Crippen molar-refractivity contribution in [3.63, 3.8) is 0 Å². The predicted octanol–water partition coefficient (Wildman–Crippen LogP) is 4.57. The number of ketones is 1. The first kappa shape index (κ1) is 15.4. The van der Waals surface area contributed by atoms with Crippen molar-refractivity contribution in [2.45, 2.75) is 25.6 Å². The summed E-state index contributed by atoms with van der Waals surface area (Å²) in [4.78, 5) is 12.5. The molecule has 0 spiro atoms. The number of allylic oxidation sites excluding steroid dienone is 2. The third kappa shape index (κ3) is 3.17. The van der Waals surface area contributed by atoms with Crippen LogP contribution in [0.4, 0.5) is 0 Å². The Kier molecular flexibility index (Phi) is 4.54. The predicted molar refractivity (Wildman–Crippen MR) is 92.8 cm³/mol. The molecular weight excluding hydrogens is 284 g/mol. The number of hydrogen-bond acceptors (Lipinski definition) is 2. The first-order valence-corrected chi connectivity index (χ1v) is 7.84. The zero-order chi connectivity index (χ0) is 16.1. The van der Waals surface area contributed by atoms with Gasteiger partial charge in [-0.05, 0) is 23.6 Å². The Morgan fingerprint density at radius 2 is 1.70 bits per heavy atom. The van der Waals surface area contributed by atoms with Gasteiger partial charge < -0.3 is 4.74 Å². The SMILES string of the molecule is CC(=O)C1(OCc2ccccc2)CC=CC=C1c1ccccc1. The van der Waals surface area contributed by atoms with E-state index in [2.05, 4.69) is 0 Å². The second-order valence-electron chi connectivity index (χ2n) is 5.74. The molecule has 0 heterocycles. The van der Waals surface area contributed by atoms with Gasteiger partial charge in [-0.25, -0.2) is 0 Å². The highest BCUT2D eigenvalue weighted by molar-refractivity contribution is 6.00. The maximum atomic E-state index is 12.5. The van der Waals surface area contributed by atoms with Gasteiger partial charge in [-0.2, -0.15) is 0 Å². The molecule has 116 valence electrons. The van der Waals surface area contributed by atoms with Crippen molar-refractivity contribution < 1.29 is 9.53 Å². The first-order chi connectivity index (χ1) is 11.2. The average molecular weight is 304 g/mol. The van der Waals surface area contributed by atoms with Gasteiger partial charge in [0.1, 0.15) is 0 Å². The van der Waals surface area contributed by atoms with Gasteiger partial charge in [0, 0.05) is 6.42 Å². The minimum Gasteiger partial charge on any atom is -0.357 e. The number of Topliss-reactive ketones (excluding diaryl/α,β-unsaturated/α-hetero) is 1. The second kappa shape index (κ2) is 6.76. The Morgan fingerprint density at radius 1 is 1.04 bits per heavy atom. The van der Waals surface area contributed by atoms with E-state index in [0.717, 1.165) is 16.7 Å². The van der Waals surface area contributed by atoms with Gasteiger partial charge in [0.25, 0.3) is 0 Å². The molecule has 0 saturated carbocycles. The van der Waals surface area contributed by atoms with Crippen LogP contribution in [0.2, 0.25) is 0 Å². The lowest BCUT2D eigenvalue weighted by molar-refractivity contribution is -0.136. The van der Waals surface area contributed by atoms with Crippen molar-refractivity contribution in [3.05, 3.63) is 90.0 Å². The van der Waals surface area contributed by atoms with E-state index in [4.69, 9.17) is 4.74 Å². The van der Waals surface area contributed by atoms with E-state index in [-0.39, 0.29) is 5.78 Å².